The predicted octanol–water partition coefficient (Wildman–Crippen LogP) is 3.71. The topological polar surface area (TPSA) is 68.2 Å². The van der Waals surface area contributed by atoms with Gasteiger partial charge in [-0.15, -0.1) is 0 Å². The van der Waals surface area contributed by atoms with E-state index in [1.54, 1.807) is 12.5 Å². The minimum Gasteiger partial charge on any atom is -0.493 e. The Morgan fingerprint density at radius 1 is 1.19 bits per heavy atom. The van der Waals surface area contributed by atoms with Gasteiger partial charge in [-0.1, -0.05) is 36.4 Å². The predicted molar refractivity (Wildman–Crippen MR) is 106 cm³/mol. The highest BCUT2D eigenvalue weighted by molar-refractivity contribution is 5.89. The van der Waals surface area contributed by atoms with Crippen LogP contribution >= 0.6 is 0 Å². The van der Waals surface area contributed by atoms with Gasteiger partial charge in [-0.05, 0) is 24.6 Å². The minimum atomic E-state index is -0.246. The van der Waals surface area contributed by atoms with Crippen LogP contribution in [-0.4, -0.2) is 28.2 Å². The molecule has 2 aromatic carbocycles. The number of nitrogens with zero attached hydrogens (tertiary/aromatic N) is 2. The minimum absolute atomic E-state index is 0.0236. The zero-order chi connectivity index (χ0) is 18.9. The number of aromatic nitrogens is 2. The third-order valence-corrected chi connectivity index (χ3v) is 4.02. The molecule has 1 heterocycles. The van der Waals surface area contributed by atoms with Crippen molar-refractivity contribution in [2.24, 2.45) is 0 Å². The number of hydrogen-bond acceptors (Lipinski definition) is 3. The van der Waals surface area contributed by atoms with Crippen LogP contribution < -0.4 is 15.4 Å². The third-order valence-electron chi connectivity index (χ3n) is 4.02. The summed E-state index contributed by atoms with van der Waals surface area (Å²) >= 11 is 0. The molecule has 1 atom stereocenters. The van der Waals surface area contributed by atoms with Gasteiger partial charge in [0, 0.05) is 43.2 Å². The summed E-state index contributed by atoms with van der Waals surface area (Å²) in [6.45, 7) is 3.19. The van der Waals surface area contributed by atoms with Gasteiger partial charge in [0.1, 0.15) is 5.75 Å². The van der Waals surface area contributed by atoms with Crippen LogP contribution in [0.3, 0.4) is 0 Å². The van der Waals surface area contributed by atoms with E-state index in [0.29, 0.717) is 18.8 Å². The molecule has 0 spiro atoms. The van der Waals surface area contributed by atoms with E-state index >= 15 is 0 Å². The first-order valence-electron chi connectivity index (χ1n) is 8.99. The van der Waals surface area contributed by atoms with Gasteiger partial charge in [0.15, 0.2) is 0 Å². The molecule has 2 amide bonds. The number of carbonyl (C=O) groups is 1. The number of benzene rings is 2. The average Bonchev–Trinajstić information content (AvgIpc) is 3.15. The molecule has 0 saturated carbocycles. The molecular formula is C21H24N4O2. The van der Waals surface area contributed by atoms with Crippen molar-refractivity contribution in [3.05, 3.63) is 78.9 Å². The summed E-state index contributed by atoms with van der Waals surface area (Å²) in [7, 11) is 0. The van der Waals surface area contributed by atoms with Crippen molar-refractivity contribution < 1.29 is 9.53 Å². The van der Waals surface area contributed by atoms with Crippen molar-refractivity contribution in [2.75, 3.05) is 11.9 Å². The van der Waals surface area contributed by atoms with Gasteiger partial charge in [0.05, 0.1) is 12.9 Å². The van der Waals surface area contributed by atoms with E-state index in [2.05, 4.69) is 27.8 Å². The third kappa shape index (κ3) is 6.18. The molecule has 0 aliphatic carbocycles. The molecule has 2 N–H and O–H groups in total. The fraction of sp³-hybridized carbons (Fsp3) is 0.238. The Labute approximate surface area is 159 Å². The molecule has 6 nitrogen and oxygen atoms in total. The maximum atomic E-state index is 12.2. The van der Waals surface area contributed by atoms with E-state index in [1.165, 1.54) is 5.56 Å². The van der Waals surface area contributed by atoms with Crippen molar-refractivity contribution in [2.45, 2.75) is 25.9 Å². The summed E-state index contributed by atoms with van der Waals surface area (Å²) in [6, 6.07) is 17.3. The quantitative estimate of drug-likeness (QED) is 0.640. The molecule has 140 valence electrons. The molecule has 1 aromatic heterocycles. The molecule has 0 bridgehead atoms. The molecule has 0 saturated heterocycles. The van der Waals surface area contributed by atoms with Crippen LogP contribution in [0.15, 0.2) is 73.3 Å². The van der Waals surface area contributed by atoms with Crippen LogP contribution in [0.25, 0.3) is 0 Å². The molecule has 0 unspecified atom stereocenters. The van der Waals surface area contributed by atoms with Gasteiger partial charge in [-0.2, -0.15) is 0 Å². The van der Waals surface area contributed by atoms with Gasteiger partial charge in [-0.3, -0.25) is 0 Å². The van der Waals surface area contributed by atoms with E-state index in [4.69, 9.17) is 4.74 Å². The lowest BCUT2D eigenvalue weighted by molar-refractivity contribution is 0.248. The lowest BCUT2D eigenvalue weighted by Crippen LogP contribution is -2.38. The highest BCUT2D eigenvalue weighted by atomic mass is 16.5. The summed E-state index contributed by atoms with van der Waals surface area (Å²) in [5.74, 6) is 0.732. The average molecular weight is 364 g/mol. The number of ether oxygens (including phenoxy) is 1. The van der Waals surface area contributed by atoms with E-state index in [0.717, 1.165) is 12.2 Å². The molecule has 0 radical (unpaired) electrons. The van der Waals surface area contributed by atoms with Crippen LogP contribution in [-0.2, 0) is 13.0 Å². The summed E-state index contributed by atoms with van der Waals surface area (Å²) in [6.07, 6.45) is 6.15. The largest absolute Gasteiger partial charge is 0.493 e. The Kier molecular flexibility index (Phi) is 6.46. The number of carbonyl (C=O) groups excluding carboxylic acids is 1. The van der Waals surface area contributed by atoms with Crippen molar-refractivity contribution in [1.82, 2.24) is 14.9 Å². The molecule has 0 fully saturated rings. The normalized spacial score (nSPS) is 11.6. The standard InChI is InChI=1S/C21H24N4O2/c1-17(15-25-12-11-22-16-25)23-21(26)24-19-8-5-9-20(14-19)27-13-10-18-6-3-2-4-7-18/h2-9,11-12,14,16-17H,10,13,15H2,1H3,(H2,23,24,26)/t17-/m0/s1. The Balaban J connectivity index is 1.45. The SMILES string of the molecule is C[C@@H](Cn1ccnc1)NC(=O)Nc1cccc(OCCc2ccccc2)c1. The zero-order valence-electron chi connectivity index (χ0n) is 15.3. The molecule has 27 heavy (non-hydrogen) atoms. The van der Waals surface area contributed by atoms with Crippen LogP contribution in [0.2, 0.25) is 0 Å². The van der Waals surface area contributed by atoms with Crippen LogP contribution in [0.1, 0.15) is 12.5 Å². The molecule has 0 aliphatic heterocycles. The van der Waals surface area contributed by atoms with E-state index in [1.807, 2.05) is 60.2 Å². The molecule has 6 heteroatoms. The number of imidazole rings is 1. The molecular weight excluding hydrogens is 340 g/mol. The lowest BCUT2D eigenvalue weighted by Gasteiger charge is -2.15. The number of amides is 2. The number of hydrogen-bond donors (Lipinski definition) is 2. The Hall–Kier alpha value is -3.28. The number of rotatable bonds is 8. The highest BCUT2D eigenvalue weighted by Crippen LogP contribution is 2.17. The fourth-order valence-corrected chi connectivity index (χ4v) is 2.74. The Bertz CT molecular complexity index is 834. The Morgan fingerprint density at radius 2 is 2.04 bits per heavy atom. The Morgan fingerprint density at radius 3 is 2.81 bits per heavy atom. The molecule has 0 aliphatic rings. The first-order valence-corrected chi connectivity index (χ1v) is 8.99. The van der Waals surface area contributed by atoms with Gasteiger partial charge in [0.2, 0.25) is 0 Å². The van der Waals surface area contributed by atoms with Crippen LogP contribution in [0, 0.1) is 0 Å². The highest BCUT2D eigenvalue weighted by Gasteiger charge is 2.08. The van der Waals surface area contributed by atoms with Crippen molar-refractivity contribution >= 4 is 11.7 Å². The lowest BCUT2D eigenvalue weighted by atomic mass is 10.2. The summed E-state index contributed by atoms with van der Waals surface area (Å²) in [5.41, 5.74) is 1.93. The van der Waals surface area contributed by atoms with Crippen molar-refractivity contribution in [3.8, 4) is 5.75 Å². The van der Waals surface area contributed by atoms with Gasteiger partial charge in [0.25, 0.3) is 0 Å². The van der Waals surface area contributed by atoms with Crippen LogP contribution in [0.4, 0.5) is 10.5 Å². The summed E-state index contributed by atoms with van der Waals surface area (Å²) in [4.78, 5) is 16.2. The van der Waals surface area contributed by atoms with E-state index in [-0.39, 0.29) is 12.1 Å². The van der Waals surface area contributed by atoms with Crippen molar-refractivity contribution in [3.63, 3.8) is 0 Å². The van der Waals surface area contributed by atoms with Gasteiger partial charge >= 0.3 is 6.03 Å². The van der Waals surface area contributed by atoms with Crippen LogP contribution in [0.5, 0.6) is 5.75 Å². The summed E-state index contributed by atoms with van der Waals surface area (Å²) < 4.78 is 7.72. The van der Waals surface area contributed by atoms with Gasteiger partial charge in [-0.25, -0.2) is 9.78 Å². The first kappa shape index (κ1) is 18.5. The second-order valence-electron chi connectivity index (χ2n) is 6.37. The summed E-state index contributed by atoms with van der Waals surface area (Å²) in [5, 5.41) is 5.76. The fourth-order valence-electron chi connectivity index (χ4n) is 2.74. The van der Waals surface area contributed by atoms with Crippen molar-refractivity contribution in [1.29, 1.82) is 0 Å². The maximum Gasteiger partial charge on any atom is 0.319 e. The maximum absolute atomic E-state index is 12.2. The zero-order valence-corrected chi connectivity index (χ0v) is 15.3. The van der Waals surface area contributed by atoms with E-state index in [9.17, 15) is 4.79 Å². The smallest absolute Gasteiger partial charge is 0.319 e. The molecule has 3 aromatic rings. The number of nitrogens with one attached hydrogen (secondary N) is 2. The van der Waals surface area contributed by atoms with E-state index < -0.39 is 0 Å². The first-order chi connectivity index (χ1) is 13.2. The molecule has 3 rings (SSSR count). The number of anilines is 1. The number of urea groups is 1. The second kappa shape index (κ2) is 9.43. The second-order valence-corrected chi connectivity index (χ2v) is 6.37. The monoisotopic (exact) mass is 364 g/mol. The van der Waals surface area contributed by atoms with Gasteiger partial charge < -0.3 is 19.9 Å².